The van der Waals surface area contributed by atoms with Crippen LogP contribution in [0.4, 0.5) is 26.0 Å². The molecule has 1 aromatic heterocycles. The average molecular weight is 506 g/mol. The highest BCUT2D eigenvalue weighted by atomic mass is 32.2. The van der Waals surface area contributed by atoms with Gasteiger partial charge in [0.05, 0.1) is 29.4 Å². The molecule has 4 N–H and O–H groups in total. The highest BCUT2D eigenvalue weighted by molar-refractivity contribution is 7.92. The number of pyridine rings is 1. The molecule has 0 aliphatic carbocycles. The Morgan fingerprint density at radius 3 is 2.63 bits per heavy atom. The predicted octanol–water partition coefficient (Wildman–Crippen LogP) is 4.78. The van der Waals surface area contributed by atoms with Crippen LogP contribution in [-0.4, -0.2) is 37.3 Å². The van der Waals surface area contributed by atoms with Crippen LogP contribution in [0.2, 0.25) is 0 Å². The second kappa shape index (κ2) is 12.2. The lowest BCUT2D eigenvalue weighted by Gasteiger charge is -2.16. The Hall–Kier alpha value is -3.60. The fraction of sp³-hybridized carbons (Fsp3) is 0.292. The first-order valence-corrected chi connectivity index (χ1v) is 12.6. The first-order valence-electron chi connectivity index (χ1n) is 10.9. The van der Waals surface area contributed by atoms with Gasteiger partial charge in [-0.2, -0.15) is 0 Å². The molecule has 0 saturated carbocycles. The van der Waals surface area contributed by atoms with Crippen molar-refractivity contribution in [3.05, 3.63) is 65.4 Å². The zero-order valence-corrected chi connectivity index (χ0v) is 20.8. The number of allylic oxidation sites excluding steroid dienone is 3. The van der Waals surface area contributed by atoms with Gasteiger partial charge >= 0.3 is 0 Å². The highest BCUT2D eigenvalue weighted by Gasteiger charge is 2.23. The quantitative estimate of drug-likeness (QED) is 0.401. The smallest absolute Gasteiger partial charge is 0.261 e. The van der Waals surface area contributed by atoms with Crippen molar-refractivity contribution < 1.29 is 22.0 Å². The zero-order chi connectivity index (χ0) is 26.2. The summed E-state index contributed by atoms with van der Waals surface area (Å²) in [4.78, 5) is 21.3. The highest BCUT2D eigenvalue weighted by Crippen LogP contribution is 2.28. The van der Waals surface area contributed by atoms with Crippen molar-refractivity contribution in [1.82, 2.24) is 4.98 Å². The summed E-state index contributed by atoms with van der Waals surface area (Å²) in [5.74, 6) is -3.66. The van der Waals surface area contributed by atoms with Crippen LogP contribution in [0.25, 0.3) is 5.57 Å². The fourth-order valence-electron chi connectivity index (χ4n) is 3.26. The van der Waals surface area contributed by atoms with Crippen LogP contribution in [0.15, 0.2) is 47.6 Å². The molecule has 0 radical (unpaired) electrons. The molecule has 0 aliphatic heterocycles. The standard InChI is InChI=1S/C24H29F2N5O3S/c1-5-8-11-28-15(4)17(7-3)18-13-16(14-29-23(18)27)30-24(32)21-19(25)9-10-20(22(21)26)31-35(33,34)12-6-2/h5,7-11,13-15,31H,6,12H2,1-4H3,(H2,27,29)(H,30,32)/b8-5-,17-7-,28-11?. The van der Waals surface area contributed by atoms with Crippen LogP contribution < -0.4 is 15.8 Å². The van der Waals surface area contributed by atoms with Crippen LogP contribution in [0, 0.1) is 11.6 Å². The van der Waals surface area contributed by atoms with Gasteiger partial charge in [-0.3, -0.25) is 14.5 Å². The van der Waals surface area contributed by atoms with Gasteiger partial charge in [0.1, 0.15) is 17.2 Å². The van der Waals surface area contributed by atoms with Crippen LogP contribution in [0.1, 0.15) is 50.0 Å². The number of benzene rings is 1. The number of aromatic nitrogens is 1. The van der Waals surface area contributed by atoms with Crippen molar-refractivity contribution in [3.63, 3.8) is 0 Å². The molecule has 0 fully saturated rings. The number of aliphatic imine (C=N–C) groups is 1. The molecule has 11 heteroatoms. The summed E-state index contributed by atoms with van der Waals surface area (Å²) < 4.78 is 55.4. The summed E-state index contributed by atoms with van der Waals surface area (Å²) in [6.45, 7) is 7.17. The number of anilines is 3. The molecule has 1 unspecified atom stereocenters. The molecule has 0 spiro atoms. The Morgan fingerprint density at radius 2 is 2.00 bits per heavy atom. The maximum absolute atomic E-state index is 14.9. The first kappa shape index (κ1) is 27.6. The number of halogens is 2. The third-order valence-electron chi connectivity index (χ3n) is 4.89. The third-order valence-corrected chi connectivity index (χ3v) is 6.37. The number of hydrogen-bond acceptors (Lipinski definition) is 6. The van der Waals surface area contributed by atoms with E-state index in [1.54, 1.807) is 26.1 Å². The number of nitrogens with zero attached hydrogens (tertiary/aromatic N) is 2. The predicted molar refractivity (Wildman–Crippen MR) is 137 cm³/mol. The summed E-state index contributed by atoms with van der Waals surface area (Å²) >= 11 is 0. The minimum Gasteiger partial charge on any atom is -0.383 e. The molecule has 1 amide bonds. The minimum atomic E-state index is -3.85. The first-order chi connectivity index (χ1) is 16.5. The molecule has 1 atom stereocenters. The monoisotopic (exact) mass is 505 g/mol. The Kier molecular flexibility index (Phi) is 9.64. The number of carbonyl (C=O) groups is 1. The van der Waals surface area contributed by atoms with Crippen LogP contribution >= 0.6 is 0 Å². The van der Waals surface area contributed by atoms with E-state index in [2.05, 4.69) is 15.3 Å². The van der Waals surface area contributed by atoms with E-state index in [1.807, 2.05) is 30.7 Å². The molecular formula is C24H29F2N5O3S. The molecule has 1 heterocycles. The van der Waals surface area contributed by atoms with Crippen molar-refractivity contribution in [2.75, 3.05) is 21.5 Å². The maximum Gasteiger partial charge on any atom is 0.261 e. The van der Waals surface area contributed by atoms with Gasteiger partial charge in [0.2, 0.25) is 10.0 Å². The van der Waals surface area contributed by atoms with Crippen molar-refractivity contribution >= 4 is 44.9 Å². The average Bonchev–Trinajstić information content (AvgIpc) is 2.78. The second-order valence-electron chi connectivity index (χ2n) is 7.56. The lowest BCUT2D eigenvalue weighted by atomic mass is 10.00. The lowest BCUT2D eigenvalue weighted by molar-refractivity contribution is 0.101. The maximum atomic E-state index is 14.9. The Labute approximate surface area is 204 Å². The van der Waals surface area contributed by atoms with E-state index in [4.69, 9.17) is 5.73 Å². The minimum absolute atomic E-state index is 0.138. The molecule has 8 nitrogen and oxygen atoms in total. The number of rotatable bonds is 10. The number of nitrogen functional groups attached to an aromatic ring is 1. The summed E-state index contributed by atoms with van der Waals surface area (Å²) in [7, 11) is -3.85. The van der Waals surface area contributed by atoms with Gasteiger partial charge in [-0.25, -0.2) is 22.2 Å². The Bertz CT molecular complexity index is 1270. The van der Waals surface area contributed by atoms with Crippen molar-refractivity contribution in [2.45, 2.75) is 40.2 Å². The van der Waals surface area contributed by atoms with E-state index in [-0.39, 0.29) is 23.3 Å². The van der Waals surface area contributed by atoms with Crippen molar-refractivity contribution in [1.29, 1.82) is 0 Å². The normalized spacial score (nSPS) is 13.4. The van der Waals surface area contributed by atoms with Crippen molar-refractivity contribution in [2.24, 2.45) is 4.99 Å². The van der Waals surface area contributed by atoms with Gasteiger partial charge in [0.25, 0.3) is 5.91 Å². The van der Waals surface area contributed by atoms with Gasteiger partial charge in [0.15, 0.2) is 5.82 Å². The molecule has 0 saturated heterocycles. The van der Waals surface area contributed by atoms with Gasteiger partial charge in [-0.1, -0.05) is 19.1 Å². The van der Waals surface area contributed by atoms with E-state index in [1.165, 1.54) is 12.3 Å². The van der Waals surface area contributed by atoms with Gasteiger partial charge < -0.3 is 11.1 Å². The molecule has 35 heavy (non-hydrogen) atoms. The van der Waals surface area contributed by atoms with Gasteiger partial charge in [0, 0.05) is 11.8 Å². The Balaban J connectivity index is 2.38. The summed E-state index contributed by atoms with van der Waals surface area (Å²) in [6.07, 6.45) is 8.62. The number of nitrogens with two attached hydrogens (primary N) is 1. The molecular weight excluding hydrogens is 476 g/mol. The molecule has 2 rings (SSSR count). The molecule has 1 aromatic carbocycles. The van der Waals surface area contributed by atoms with Crippen LogP contribution in [-0.2, 0) is 10.0 Å². The number of hydrogen-bond donors (Lipinski definition) is 3. The largest absolute Gasteiger partial charge is 0.383 e. The molecule has 0 bridgehead atoms. The molecule has 2 aromatic rings. The third kappa shape index (κ3) is 7.19. The van der Waals surface area contributed by atoms with E-state index in [0.29, 0.717) is 12.0 Å². The Morgan fingerprint density at radius 1 is 1.29 bits per heavy atom. The fourth-order valence-corrected chi connectivity index (χ4v) is 4.39. The SMILES string of the molecule is C/C=C\C=NC(C)/C(=C/C)c1cc(NC(=O)c2c(F)ccc(NS(=O)(=O)CCC)c2F)cnc1N. The van der Waals surface area contributed by atoms with E-state index in [9.17, 15) is 22.0 Å². The van der Waals surface area contributed by atoms with E-state index < -0.39 is 38.8 Å². The number of carbonyl (C=O) groups excluding carboxylic acids is 1. The van der Waals surface area contributed by atoms with Crippen LogP contribution in [0.3, 0.4) is 0 Å². The topological polar surface area (TPSA) is 127 Å². The van der Waals surface area contributed by atoms with E-state index >= 15 is 0 Å². The summed E-state index contributed by atoms with van der Waals surface area (Å²) in [5, 5.41) is 2.40. The number of sulfonamides is 1. The number of nitrogens with one attached hydrogen (secondary N) is 2. The molecule has 0 aliphatic rings. The van der Waals surface area contributed by atoms with Crippen LogP contribution in [0.5, 0.6) is 0 Å². The van der Waals surface area contributed by atoms with E-state index in [0.717, 1.165) is 17.7 Å². The molecule has 188 valence electrons. The second-order valence-corrected chi connectivity index (χ2v) is 9.40. The lowest BCUT2D eigenvalue weighted by Crippen LogP contribution is -2.21. The number of amides is 1. The van der Waals surface area contributed by atoms with Gasteiger partial charge in [-0.15, -0.1) is 0 Å². The zero-order valence-electron chi connectivity index (χ0n) is 20.0. The van der Waals surface area contributed by atoms with Crippen molar-refractivity contribution in [3.8, 4) is 0 Å². The van der Waals surface area contributed by atoms with Gasteiger partial charge in [-0.05, 0) is 57.0 Å². The summed E-state index contributed by atoms with van der Waals surface area (Å²) in [5.41, 5.74) is 5.95. The summed E-state index contributed by atoms with van der Waals surface area (Å²) in [6, 6.07) is 2.98.